The molecule has 2 rings (SSSR count). The van der Waals surface area contributed by atoms with Gasteiger partial charge in [0, 0.05) is 5.39 Å². The minimum absolute atomic E-state index is 0.651. The molecule has 6 N–H and O–H groups in total. The van der Waals surface area contributed by atoms with Crippen LogP contribution in [0, 0.1) is 0 Å². The molecule has 0 aliphatic rings. The van der Waals surface area contributed by atoms with Gasteiger partial charge in [0.2, 0.25) is 0 Å². The number of rotatable bonds is 6. The summed E-state index contributed by atoms with van der Waals surface area (Å²) in [4.78, 5) is 69.4. The van der Waals surface area contributed by atoms with E-state index < -0.39 is 80.0 Å². The lowest BCUT2D eigenvalue weighted by Crippen LogP contribution is -2.22. The third-order valence-corrected chi connectivity index (χ3v) is 3.77. The summed E-state index contributed by atoms with van der Waals surface area (Å²) >= 11 is 0. The highest BCUT2D eigenvalue weighted by atomic mass is 16.4. The second-order valence-corrected chi connectivity index (χ2v) is 5.24. The highest BCUT2D eigenvalue weighted by molar-refractivity contribution is 6.27. The van der Waals surface area contributed by atoms with Crippen molar-refractivity contribution >= 4 is 46.6 Å². The molecular formula is C16H8O12. The molecule has 0 spiro atoms. The van der Waals surface area contributed by atoms with Crippen molar-refractivity contribution in [3.05, 3.63) is 45.5 Å². The van der Waals surface area contributed by atoms with Gasteiger partial charge in [0.15, 0.2) is 0 Å². The summed E-state index contributed by atoms with van der Waals surface area (Å²) in [5.74, 6) is -12.1. The number of benzene rings is 2. The first-order chi connectivity index (χ1) is 12.9. The number of aromatic carboxylic acids is 6. The average molecular weight is 392 g/mol. The summed E-state index contributed by atoms with van der Waals surface area (Å²) in [5.41, 5.74) is -7.56. The van der Waals surface area contributed by atoms with Gasteiger partial charge in [-0.1, -0.05) is 6.07 Å². The quantitative estimate of drug-likeness (QED) is 0.405. The number of hydrogen-bond acceptors (Lipinski definition) is 6. The van der Waals surface area contributed by atoms with Crippen molar-refractivity contribution in [2.45, 2.75) is 0 Å². The first-order valence-electron chi connectivity index (χ1n) is 6.98. The summed E-state index contributed by atoms with van der Waals surface area (Å²) in [6, 6.07) is 1.36. The van der Waals surface area contributed by atoms with E-state index in [0.29, 0.717) is 12.1 Å². The molecule has 12 heteroatoms. The predicted octanol–water partition coefficient (Wildman–Crippen LogP) is 1.03. The first kappa shape index (κ1) is 19.8. The molecular weight excluding hydrogens is 384 g/mol. The van der Waals surface area contributed by atoms with E-state index in [1.165, 1.54) is 0 Å². The Hall–Kier alpha value is -4.48. The molecule has 0 radical (unpaired) electrons. The number of fused-ring (bicyclic) bond motifs is 1. The second-order valence-electron chi connectivity index (χ2n) is 5.24. The summed E-state index contributed by atoms with van der Waals surface area (Å²) in [7, 11) is 0. The Bertz CT molecular complexity index is 1110. The Morgan fingerprint density at radius 3 is 1.21 bits per heavy atom. The molecule has 0 saturated carbocycles. The Morgan fingerprint density at radius 2 is 0.857 bits per heavy atom. The van der Waals surface area contributed by atoms with Crippen LogP contribution in [0.15, 0.2) is 12.1 Å². The van der Waals surface area contributed by atoms with E-state index >= 15 is 0 Å². The fourth-order valence-corrected chi connectivity index (χ4v) is 2.84. The molecule has 0 bridgehead atoms. The molecule has 0 unspecified atom stereocenters. The molecule has 0 heterocycles. The molecule has 0 fully saturated rings. The van der Waals surface area contributed by atoms with Crippen LogP contribution in [0.1, 0.15) is 62.1 Å². The average Bonchev–Trinajstić information content (AvgIpc) is 2.56. The van der Waals surface area contributed by atoms with Crippen LogP contribution in [0.3, 0.4) is 0 Å². The summed E-state index contributed by atoms with van der Waals surface area (Å²) in [6.45, 7) is 0. The maximum Gasteiger partial charge on any atom is 0.337 e. The van der Waals surface area contributed by atoms with E-state index in [-0.39, 0.29) is 0 Å². The molecule has 0 amide bonds. The van der Waals surface area contributed by atoms with Crippen molar-refractivity contribution in [2.24, 2.45) is 0 Å². The Kier molecular flexibility index (Phi) is 4.73. The number of carboxylic acids is 6. The third-order valence-electron chi connectivity index (χ3n) is 3.77. The van der Waals surface area contributed by atoms with E-state index in [2.05, 4.69) is 0 Å². The van der Waals surface area contributed by atoms with Gasteiger partial charge in [-0.15, -0.1) is 0 Å². The van der Waals surface area contributed by atoms with Gasteiger partial charge in [0.25, 0.3) is 0 Å². The Labute approximate surface area is 152 Å². The van der Waals surface area contributed by atoms with Crippen molar-refractivity contribution in [2.75, 3.05) is 0 Å². The fraction of sp³-hybridized carbons (Fsp3) is 0. The second kappa shape index (κ2) is 6.68. The molecule has 0 saturated heterocycles. The molecule has 2 aromatic rings. The van der Waals surface area contributed by atoms with E-state index in [1.807, 2.05) is 0 Å². The molecule has 0 atom stereocenters. The maximum atomic E-state index is 11.7. The Morgan fingerprint density at radius 1 is 0.464 bits per heavy atom. The normalized spacial score (nSPS) is 10.4. The highest BCUT2D eigenvalue weighted by Crippen LogP contribution is 2.35. The summed E-state index contributed by atoms with van der Waals surface area (Å²) in [5, 5.41) is 54.2. The zero-order valence-electron chi connectivity index (χ0n) is 13.3. The topological polar surface area (TPSA) is 224 Å². The van der Waals surface area contributed by atoms with E-state index in [9.17, 15) is 54.3 Å². The van der Waals surface area contributed by atoms with E-state index in [0.717, 1.165) is 0 Å². The van der Waals surface area contributed by atoms with Crippen molar-refractivity contribution in [1.29, 1.82) is 0 Å². The van der Waals surface area contributed by atoms with Crippen LogP contribution in [0.4, 0.5) is 0 Å². The lowest BCUT2D eigenvalue weighted by molar-refractivity contribution is 0.0621. The third kappa shape index (κ3) is 2.84. The van der Waals surface area contributed by atoms with Gasteiger partial charge in [-0.3, -0.25) is 0 Å². The van der Waals surface area contributed by atoms with Gasteiger partial charge in [-0.2, -0.15) is 0 Å². The highest BCUT2D eigenvalue weighted by Gasteiger charge is 2.36. The van der Waals surface area contributed by atoms with Crippen molar-refractivity contribution in [3.63, 3.8) is 0 Å². The Balaban J connectivity index is 3.47. The van der Waals surface area contributed by atoms with Crippen LogP contribution in [-0.4, -0.2) is 66.5 Å². The van der Waals surface area contributed by atoms with Crippen molar-refractivity contribution < 1.29 is 59.4 Å². The monoisotopic (exact) mass is 392 g/mol. The SMILES string of the molecule is O=C(O)c1ccc2c(C(=O)O)c(C(=O)O)c(C(=O)O)c(C(=O)O)c2c1C(=O)O. The minimum atomic E-state index is -2.16. The fourth-order valence-electron chi connectivity index (χ4n) is 2.84. The number of carboxylic acid groups (broad SMARTS) is 6. The van der Waals surface area contributed by atoms with Crippen molar-refractivity contribution in [1.82, 2.24) is 0 Å². The maximum absolute atomic E-state index is 11.7. The molecule has 2 aromatic carbocycles. The lowest BCUT2D eigenvalue weighted by atomic mass is 9.85. The van der Waals surface area contributed by atoms with Gasteiger partial charge < -0.3 is 30.6 Å². The van der Waals surface area contributed by atoms with Gasteiger partial charge in [-0.25, -0.2) is 28.8 Å². The molecule has 0 aromatic heterocycles. The van der Waals surface area contributed by atoms with Crippen LogP contribution in [0.5, 0.6) is 0 Å². The van der Waals surface area contributed by atoms with Crippen LogP contribution in [0.25, 0.3) is 10.8 Å². The summed E-state index contributed by atoms with van der Waals surface area (Å²) in [6.07, 6.45) is 0. The largest absolute Gasteiger partial charge is 0.478 e. The molecule has 0 aliphatic carbocycles. The van der Waals surface area contributed by atoms with Gasteiger partial charge >= 0.3 is 35.8 Å². The standard InChI is InChI=1S/C16H8O12/c17-11(18)4-2-1-3-5(7(4)13(21)22)8(14(23)24)10(16(27)28)9(15(25)26)6(3)12(19)20/h1-2H,(H,17,18)(H,19,20)(H,21,22)(H,23,24)(H,25,26)(H,27,28). The lowest BCUT2D eigenvalue weighted by Gasteiger charge is -2.16. The predicted molar refractivity (Wildman–Crippen MR) is 85.7 cm³/mol. The molecule has 0 aliphatic heterocycles. The minimum Gasteiger partial charge on any atom is -0.478 e. The van der Waals surface area contributed by atoms with Gasteiger partial charge in [0.1, 0.15) is 0 Å². The summed E-state index contributed by atoms with van der Waals surface area (Å²) < 4.78 is 0. The molecule has 144 valence electrons. The number of carbonyl (C=O) groups is 6. The van der Waals surface area contributed by atoms with Crippen LogP contribution < -0.4 is 0 Å². The molecule has 28 heavy (non-hydrogen) atoms. The van der Waals surface area contributed by atoms with Crippen molar-refractivity contribution in [3.8, 4) is 0 Å². The zero-order chi connectivity index (χ0) is 21.5. The van der Waals surface area contributed by atoms with E-state index in [4.69, 9.17) is 5.11 Å². The van der Waals surface area contributed by atoms with Crippen LogP contribution in [-0.2, 0) is 0 Å². The first-order valence-corrected chi connectivity index (χ1v) is 6.98. The van der Waals surface area contributed by atoms with Gasteiger partial charge in [-0.05, 0) is 11.5 Å². The van der Waals surface area contributed by atoms with Gasteiger partial charge in [0.05, 0.1) is 33.4 Å². The number of hydrogen-bond donors (Lipinski definition) is 6. The zero-order valence-corrected chi connectivity index (χ0v) is 13.3. The smallest absolute Gasteiger partial charge is 0.337 e. The van der Waals surface area contributed by atoms with Crippen LogP contribution in [0.2, 0.25) is 0 Å². The van der Waals surface area contributed by atoms with Crippen LogP contribution >= 0.6 is 0 Å². The van der Waals surface area contributed by atoms with E-state index in [1.54, 1.807) is 0 Å². The molecule has 12 nitrogen and oxygen atoms in total.